The molecule has 8 heteroatoms. The molecule has 0 radical (unpaired) electrons. The molecule has 0 aliphatic heterocycles. The van der Waals surface area contributed by atoms with Gasteiger partial charge in [-0.25, -0.2) is 9.48 Å². The third kappa shape index (κ3) is 2.26. The maximum absolute atomic E-state index is 11.7. The predicted molar refractivity (Wildman–Crippen MR) is 70.0 cm³/mol. The molecule has 0 unspecified atom stereocenters. The van der Waals surface area contributed by atoms with E-state index in [1.165, 1.54) is 11.8 Å². The SMILES string of the molecule is Cn1nnnc1SCCn1c(=O)oc2ccccc21. The molecule has 0 bridgehead atoms. The summed E-state index contributed by atoms with van der Waals surface area (Å²) < 4.78 is 8.38. The third-order valence-electron chi connectivity index (χ3n) is 2.70. The van der Waals surface area contributed by atoms with E-state index in [4.69, 9.17) is 4.42 Å². The molecule has 0 atom stereocenters. The maximum Gasteiger partial charge on any atom is 0.419 e. The lowest BCUT2D eigenvalue weighted by Crippen LogP contribution is -2.15. The van der Waals surface area contributed by atoms with E-state index in [1.807, 2.05) is 18.2 Å². The molecule has 3 aromatic rings. The van der Waals surface area contributed by atoms with Gasteiger partial charge in [-0.05, 0) is 22.6 Å². The van der Waals surface area contributed by atoms with E-state index in [2.05, 4.69) is 15.5 Å². The Labute approximate surface area is 112 Å². The molecule has 0 aliphatic carbocycles. The molecule has 0 N–H and O–H groups in total. The highest BCUT2D eigenvalue weighted by atomic mass is 32.2. The molecule has 2 aromatic heterocycles. The van der Waals surface area contributed by atoms with Crippen LogP contribution in [0.1, 0.15) is 0 Å². The molecule has 2 heterocycles. The molecular weight excluding hydrogens is 266 g/mol. The fourth-order valence-corrected chi connectivity index (χ4v) is 2.57. The topological polar surface area (TPSA) is 78.7 Å². The van der Waals surface area contributed by atoms with Gasteiger partial charge in [0, 0.05) is 19.3 Å². The smallest absolute Gasteiger partial charge is 0.408 e. The lowest BCUT2D eigenvalue weighted by molar-refractivity contribution is 0.514. The molecule has 1 aromatic carbocycles. The summed E-state index contributed by atoms with van der Waals surface area (Å²) in [5.41, 5.74) is 1.42. The number of hydrogen-bond donors (Lipinski definition) is 0. The summed E-state index contributed by atoms with van der Waals surface area (Å²) in [4.78, 5) is 11.7. The van der Waals surface area contributed by atoms with Crippen molar-refractivity contribution in [1.29, 1.82) is 0 Å². The van der Waals surface area contributed by atoms with Crippen LogP contribution in [0.4, 0.5) is 0 Å². The van der Waals surface area contributed by atoms with E-state index in [9.17, 15) is 4.79 Å². The minimum Gasteiger partial charge on any atom is -0.408 e. The molecule has 3 rings (SSSR count). The van der Waals surface area contributed by atoms with E-state index in [0.717, 1.165) is 10.7 Å². The number of aryl methyl sites for hydroxylation is 2. The van der Waals surface area contributed by atoms with Crippen molar-refractivity contribution in [2.45, 2.75) is 11.7 Å². The monoisotopic (exact) mass is 277 g/mol. The number of benzene rings is 1. The zero-order valence-corrected chi connectivity index (χ0v) is 11.0. The Morgan fingerprint density at radius 2 is 2.21 bits per heavy atom. The van der Waals surface area contributed by atoms with Crippen LogP contribution in [0.5, 0.6) is 0 Å². The van der Waals surface area contributed by atoms with Gasteiger partial charge in [0.05, 0.1) is 5.52 Å². The molecular formula is C11H11N5O2S. The van der Waals surface area contributed by atoms with Crippen LogP contribution in [0.25, 0.3) is 11.1 Å². The van der Waals surface area contributed by atoms with E-state index in [0.29, 0.717) is 17.9 Å². The first-order valence-electron chi connectivity index (χ1n) is 5.69. The van der Waals surface area contributed by atoms with Crippen LogP contribution < -0.4 is 5.76 Å². The zero-order chi connectivity index (χ0) is 13.2. The van der Waals surface area contributed by atoms with Crippen molar-refractivity contribution in [3.63, 3.8) is 0 Å². The second-order valence-corrected chi connectivity index (χ2v) is 4.98. The number of oxazole rings is 1. The highest BCUT2D eigenvalue weighted by Gasteiger charge is 2.09. The van der Waals surface area contributed by atoms with Crippen molar-refractivity contribution in [3.05, 3.63) is 34.8 Å². The largest absolute Gasteiger partial charge is 0.419 e. The quantitative estimate of drug-likeness (QED) is 0.660. The van der Waals surface area contributed by atoms with Crippen LogP contribution in [0.2, 0.25) is 0 Å². The molecule has 0 aliphatic rings. The van der Waals surface area contributed by atoms with Gasteiger partial charge in [0.2, 0.25) is 5.16 Å². The molecule has 19 heavy (non-hydrogen) atoms. The summed E-state index contributed by atoms with van der Waals surface area (Å²) in [6.07, 6.45) is 0. The maximum atomic E-state index is 11.7. The van der Waals surface area contributed by atoms with Crippen LogP contribution in [0.3, 0.4) is 0 Å². The minimum absolute atomic E-state index is 0.335. The number of rotatable bonds is 4. The lowest BCUT2D eigenvalue weighted by atomic mass is 10.3. The molecule has 7 nitrogen and oxygen atoms in total. The standard InChI is InChI=1S/C11H11N5O2S/c1-15-10(12-13-14-15)19-7-6-16-8-4-2-3-5-9(8)18-11(16)17/h2-5H,6-7H2,1H3. The van der Waals surface area contributed by atoms with Gasteiger partial charge in [0.15, 0.2) is 5.58 Å². The summed E-state index contributed by atoms with van der Waals surface area (Å²) >= 11 is 1.49. The van der Waals surface area contributed by atoms with Crippen LogP contribution >= 0.6 is 11.8 Å². The van der Waals surface area contributed by atoms with Crippen molar-refractivity contribution in [1.82, 2.24) is 24.8 Å². The molecule has 0 amide bonds. The Hall–Kier alpha value is -2.09. The first-order chi connectivity index (χ1) is 9.25. The first-order valence-corrected chi connectivity index (χ1v) is 6.68. The van der Waals surface area contributed by atoms with Gasteiger partial charge in [-0.2, -0.15) is 0 Å². The van der Waals surface area contributed by atoms with Gasteiger partial charge in [0.25, 0.3) is 0 Å². The second-order valence-electron chi connectivity index (χ2n) is 3.92. The zero-order valence-electron chi connectivity index (χ0n) is 10.2. The number of aromatic nitrogens is 5. The fourth-order valence-electron chi connectivity index (χ4n) is 1.80. The van der Waals surface area contributed by atoms with Gasteiger partial charge >= 0.3 is 5.76 Å². The average Bonchev–Trinajstić information content (AvgIpc) is 2.94. The second kappa shape index (κ2) is 4.88. The summed E-state index contributed by atoms with van der Waals surface area (Å²) in [6, 6.07) is 7.38. The van der Waals surface area contributed by atoms with Crippen molar-refractivity contribution in [2.75, 3.05) is 5.75 Å². The van der Waals surface area contributed by atoms with Gasteiger partial charge in [0.1, 0.15) is 0 Å². The Balaban J connectivity index is 1.77. The Kier molecular flexibility index (Phi) is 3.08. The molecule has 0 spiro atoms. The summed E-state index contributed by atoms with van der Waals surface area (Å²) in [7, 11) is 1.78. The number of thioether (sulfide) groups is 1. The predicted octanol–water partition coefficient (Wildman–Crippen LogP) is 0.910. The Morgan fingerprint density at radius 1 is 1.37 bits per heavy atom. The van der Waals surface area contributed by atoms with E-state index < -0.39 is 0 Å². The molecule has 98 valence electrons. The Bertz CT molecular complexity index is 760. The van der Waals surface area contributed by atoms with Crippen molar-refractivity contribution >= 4 is 22.9 Å². The number of fused-ring (bicyclic) bond motifs is 1. The number of para-hydroxylation sites is 2. The first kappa shape index (κ1) is 12.0. The van der Waals surface area contributed by atoms with Gasteiger partial charge in [-0.15, -0.1) is 5.10 Å². The van der Waals surface area contributed by atoms with Crippen molar-refractivity contribution in [3.8, 4) is 0 Å². The van der Waals surface area contributed by atoms with Crippen LogP contribution in [-0.4, -0.2) is 30.5 Å². The normalized spacial score (nSPS) is 11.2. The van der Waals surface area contributed by atoms with Gasteiger partial charge < -0.3 is 4.42 Å². The van der Waals surface area contributed by atoms with Gasteiger partial charge in [-0.3, -0.25) is 4.57 Å². The van der Waals surface area contributed by atoms with E-state index in [1.54, 1.807) is 22.4 Å². The number of hydrogen-bond acceptors (Lipinski definition) is 6. The third-order valence-corrected chi connectivity index (χ3v) is 3.69. The van der Waals surface area contributed by atoms with E-state index in [-0.39, 0.29) is 5.76 Å². The van der Waals surface area contributed by atoms with Gasteiger partial charge in [-0.1, -0.05) is 23.9 Å². The van der Waals surface area contributed by atoms with Crippen LogP contribution in [-0.2, 0) is 13.6 Å². The Morgan fingerprint density at radius 3 is 3.00 bits per heavy atom. The average molecular weight is 277 g/mol. The molecule has 0 fully saturated rings. The lowest BCUT2D eigenvalue weighted by Gasteiger charge is -2.01. The molecule has 0 saturated heterocycles. The van der Waals surface area contributed by atoms with Crippen molar-refractivity contribution < 1.29 is 4.42 Å². The summed E-state index contributed by atoms with van der Waals surface area (Å²) in [5.74, 6) is 0.357. The summed E-state index contributed by atoms with van der Waals surface area (Å²) in [5, 5.41) is 11.9. The highest BCUT2D eigenvalue weighted by Crippen LogP contribution is 2.15. The van der Waals surface area contributed by atoms with Crippen LogP contribution in [0.15, 0.2) is 38.6 Å². The minimum atomic E-state index is -0.335. The highest BCUT2D eigenvalue weighted by molar-refractivity contribution is 7.99. The number of tetrazole rings is 1. The number of nitrogens with zero attached hydrogens (tertiary/aromatic N) is 5. The molecule has 0 saturated carbocycles. The van der Waals surface area contributed by atoms with Crippen molar-refractivity contribution in [2.24, 2.45) is 7.05 Å². The van der Waals surface area contributed by atoms with E-state index >= 15 is 0 Å². The van der Waals surface area contributed by atoms with Crippen LogP contribution in [0, 0.1) is 0 Å². The fraction of sp³-hybridized carbons (Fsp3) is 0.273. The summed E-state index contributed by atoms with van der Waals surface area (Å²) in [6.45, 7) is 0.549.